The topological polar surface area (TPSA) is 98.7 Å². The number of benzene rings is 1. The van der Waals surface area contributed by atoms with Crippen molar-refractivity contribution in [1.82, 2.24) is 10.6 Å². The fourth-order valence-corrected chi connectivity index (χ4v) is 4.07. The van der Waals surface area contributed by atoms with Gasteiger partial charge in [0.15, 0.2) is 0 Å². The van der Waals surface area contributed by atoms with Gasteiger partial charge in [0, 0.05) is 37.5 Å². The minimum Gasteiger partial charge on any atom is -0.478 e. The smallest absolute Gasteiger partial charge is 0.337 e. The lowest BCUT2D eigenvalue weighted by molar-refractivity contribution is 0.0689. The van der Waals surface area contributed by atoms with Crippen LogP contribution in [0.5, 0.6) is 0 Å². The van der Waals surface area contributed by atoms with Crippen LogP contribution in [0, 0.1) is 0 Å². The number of aromatic carboxylic acids is 1. The number of halogens is 4. The molecule has 0 spiro atoms. The minimum absolute atomic E-state index is 0.00919. The van der Waals surface area contributed by atoms with E-state index in [4.69, 9.17) is 5.11 Å². The zero-order chi connectivity index (χ0) is 16.9. The quantitative estimate of drug-likeness (QED) is 0.231. The summed E-state index contributed by atoms with van der Waals surface area (Å²) in [5, 5.41) is 23.5. The molecule has 0 saturated carbocycles. The third-order valence-electron chi connectivity index (χ3n) is 2.58. The molecule has 0 aliphatic carbocycles. The van der Waals surface area contributed by atoms with E-state index in [1.54, 1.807) is 0 Å². The molecule has 122 valence electrons. The first kappa shape index (κ1) is 20.0. The molecule has 1 aromatic rings. The number of nitrogens with one attached hydrogen (secondary N) is 2. The molecule has 0 heterocycles. The Morgan fingerprint density at radius 1 is 0.864 bits per heavy atom. The van der Waals surface area contributed by atoms with Gasteiger partial charge in [0.05, 0.1) is 17.7 Å². The molecule has 10 heteroatoms. The Morgan fingerprint density at radius 3 is 1.91 bits per heavy atom. The van der Waals surface area contributed by atoms with Crippen molar-refractivity contribution in [3.05, 3.63) is 29.0 Å². The fourth-order valence-electron chi connectivity index (χ4n) is 1.60. The molecular weight excluding hydrogens is 556 g/mol. The molecule has 1 rings (SSSR count). The molecule has 0 unspecified atom stereocenters. The Bertz CT molecular complexity index is 595. The second kappa shape index (κ2) is 9.33. The first-order chi connectivity index (χ1) is 10.3. The number of carboxylic acids is 1. The highest BCUT2D eigenvalue weighted by Gasteiger charge is 2.27. The number of rotatable bonds is 7. The zero-order valence-corrected chi connectivity index (χ0v) is 17.4. The lowest BCUT2D eigenvalue weighted by Gasteiger charge is -2.14. The van der Waals surface area contributed by atoms with E-state index in [-0.39, 0.29) is 22.2 Å². The van der Waals surface area contributed by atoms with E-state index in [9.17, 15) is 14.7 Å². The van der Waals surface area contributed by atoms with Gasteiger partial charge in [0.2, 0.25) is 0 Å². The van der Waals surface area contributed by atoms with E-state index in [2.05, 4.69) is 74.4 Å². The summed E-state index contributed by atoms with van der Waals surface area (Å²) >= 11 is 13.0. The molecule has 1 amide bonds. The average Bonchev–Trinajstić information content (AvgIpc) is 2.47. The summed E-state index contributed by atoms with van der Waals surface area (Å²) in [6, 6.07) is 0. The summed E-state index contributed by atoms with van der Waals surface area (Å²) in [5.74, 6) is -1.73. The standard InChI is InChI=1S/C12H12Br4N2O4/c13-7-5(11(20)18-2-1-17-3-4-19)6(12(21)22)8(14)10(16)9(7)15/h17,19H,1-4H2,(H,18,20)(H,21,22). The van der Waals surface area contributed by atoms with Gasteiger partial charge in [-0.1, -0.05) is 0 Å². The summed E-state index contributed by atoms with van der Waals surface area (Å²) in [4.78, 5) is 23.8. The molecule has 0 aliphatic rings. The molecule has 0 radical (unpaired) electrons. The number of aliphatic hydroxyl groups excluding tert-OH is 1. The molecule has 0 atom stereocenters. The van der Waals surface area contributed by atoms with Crippen LogP contribution >= 0.6 is 63.7 Å². The average molecular weight is 568 g/mol. The summed E-state index contributed by atoms with van der Waals surface area (Å²) in [7, 11) is 0. The predicted octanol–water partition coefficient (Wildman–Crippen LogP) is 2.75. The Morgan fingerprint density at radius 2 is 1.41 bits per heavy atom. The number of hydrogen-bond donors (Lipinski definition) is 4. The van der Waals surface area contributed by atoms with Gasteiger partial charge in [0.1, 0.15) is 0 Å². The summed E-state index contributed by atoms with van der Waals surface area (Å²) in [5.41, 5.74) is -0.112. The van der Waals surface area contributed by atoms with Crippen LogP contribution in [0.4, 0.5) is 0 Å². The molecule has 4 N–H and O–H groups in total. The minimum atomic E-state index is -1.22. The van der Waals surface area contributed by atoms with Crippen LogP contribution < -0.4 is 10.6 Å². The summed E-state index contributed by atoms with van der Waals surface area (Å²) in [6.45, 7) is 1.20. The highest BCUT2D eigenvalue weighted by atomic mass is 79.9. The molecule has 0 saturated heterocycles. The number of carbonyl (C=O) groups excluding carboxylic acids is 1. The van der Waals surface area contributed by atoms with Gasteiger partial charge in [-0.25, -0.2) is 4.79 Å². The molecule has 0 aromatic heterocycles. The summed E-state index contributed by atoms with van der Waals surface area (Å²) in [6.07, 6.45) is 0. The molecule has 1 aromatic carbocycles. The SMILES string of the molecule is O=C(O)c1c(Br)c(Br)c(Br)c(Br)c1C(=O)NCCNCCO. The highest BCUT2D eigenvalue weighted by molar-refractivity contribution is 9.15. The third kappa shape index (κ3) is 4.75. The van der Waals surface area contributed by atoms with Gasteiger partial charge in [0.25, 0.3) is 5.91 Å². The van der Waals surface area contributed by atoms with Crippen LogP contribution in [0.3, 0.4) is 0 Å². The van der Waals surface area contributed by atoms with Crippen molar-refractivity contribution in [3.63, 3.8) is 0 Å². The zero-order valence-electron chi connectivity index (χ0n) is 11.1. The van der Waals surface area contributed by atoms with Crippen LogP contribution in [0.1, 0.15) is 20.7 Å². The lowest BCUT2D eigenvalue weighted by atomic mass is 10.1. The van der Waals surface area contributed by atoms with Crippen molar-refractivity contribution in [2.24, 2.45) is 0 Å². The Hall–Kier alpha value is -0.000000000000000153. The number of aliphatic hydroxyl groups is 1. The number of carbonyl (C=O) groups is 2. The van der Waals surface area contributed by atoms with Gasteiger partial charge in [-0.05, 0) is 63.7 Å². The number of amides is 1. The Kier molecular flexibility index (Phi) is 8.50. The number of carboxylic acid groups (broad SMARTS) is 1. The monoisotopic (exact) mass is 564 g/mol. The van der Waals surface area contributed by atoms with Crippen molar-refractivity contribution in [2.75, 3.05) is 26.2 Å². The maximum absolute atomic E-state index is 12.3. The highest BCUT2D eigenvalue weighted by Crippen LogP contribution is 2.42. The van der Waals surface area contributed by atoms with E-state index in [0.717, 1.165) is 0 Å². The van der Waals surface area contributed by atoms with E-state index >= 15 is 0 Å². The third-order valence-corrected chi connectivity index (χ3v) is 7.35. The summed E-state index contributed by atoms with van der Waals surface area (Å²) < 4.78 is 1.66. The molecule has 0 aliphatic heterocycles. The molecule has 0 fully saturated rings. The second-order valence-electron chi connectivity index (χ2n) is 4.04. The van der Waals surface area contributed by atoms with Gasteiger partial charge in [-0.3, -0.25) is 4.79 Å². The van der Waals surface area contributed by atoms with Crippen LogP contribution in [0.15, 0.2) is 17.9 Å². The molecule has 6 nitrogen and oxygen atoms in total. The van der Waals surface area contributed by atoms with Crippen LogP contribution in [0.2, 0.25) is 0 Å². The van der Waals surface area contributed by atoms with Gasteiger partial charge >= 0.3 is 5.97 Å². The van der Waals surface area contributed by atoms with E-state index < -0.39 is 11.9 Å². The van der Waals surface area contributed by atoms with Crippen molar-refractivity contribution < 1.29 is 19.8 Å². The van der Waals surface area contributed by atoms with E-state index in [1.165, 1.54) is 0 Å². The van der Waals surface area contributed by atoms with Crippen molar-refractivity contribution in [3.8, 4) is 0 Å². The maximum Gasteiger partial charge on any atom is 0.337 e. The van der Waals surface area contributed by atoms with Gasteiger partial charge in [-0.15, -0.1) is 0 Å². The van der Waals surface area contributed by atoms with Gasteiger partial charge in [-0.2, -0.15) is 0 Å². The van der Waals surface area contributed by atoms with Crippen molar-refractivity contribution in [1.29, 1.82) is 0 Å². The molecule has 0 bridgehead atoms. The van der Waals surface area contributed by atoms with Crippen LogP contribution in [-0.4, -0.2) is 48.3 Å². The van der Waals surface area contributed by atoms with Crippen LogP contribution in [-0.2, 0) is 0 Å². The molecular formula is C12H12Br4N2O4. The Balaban J connectivity index is 3.07. The van der Waals surface area contributed by atoms with E-state index in [0.29, 0.717) is 33.1 Å². The fraction of sp³-hybridized carbons (Fsp3) is 0.333. The van der Waals surface area contributed by atoms with E-state index in [1.807, 2.05) is 0 Å². The largest absolute Gasteiger partial charge is 0.478 e. The number of hydrogen-bond acceptors (Lipinski definition) is 4. The van der Waals surface area contributed by atoms with Crippen molar-refractivity contribution >= 4 is 75.6 Å². The first-order valence-electron chi connectivity index (χ1n) is 6.01. The van der Waals surface area contributed by atoms with Crippen molar-refractivity contribution in [2.45, 2.75) is 0 Å². The maximum atomic E-state index is 12.3. The second-order valence-corrected chi connectivity index (χ2v) is 7.21. The molecule has 22 heavy (non-hydrogen) atoms. The lowest BCUT2D eigenvalue weighted by Crippen LogP contribution is -2.34. The first-order valence-corrected chi connectivity index (χ1v) is 9.19. The normalized spacial score (nSPS) is 10.6. The Labute approximate surface area is 160 Å². The van der Waals surface area contributed by atoms with Gasteiger partial charge < -0.3 is 20.8 Å². The predicted molar refractivity (Wildman–Crippen MR) is 96.5 cm³/mol. The van der Waals surface area contributed by atoms with Crippen LogP contribution in [0.25, 0.3) is 0 Å².